The molecule has 0 aliphatic heterocycles. The molecule has 0 spiro atoms. The Morgan fingerprint density at radius 3 is 2.43 bits per heavy atom. The molecule has 0 saturated carbocycles. The number of ether oxygens (including phenoxy) is 2. The van der Waals surface area contributed by atoms with Gasteiger partial charge in [0.2, 0.25) is 0 Å². The molecule has 6 nitrogen and oxygen atoms in total. The topological polar surface area (TPSA) is 84.9 Å². The molecule has 0 heterocycles. The molecule has 1 aromatic rings. The van der Waals surface area contributed by atoms with E-state index in [2.05, 4.69) is 5.32 Å². The fourth-order valence-electron chi connectivity index (χ4n) is 1.55. The zero-order valence-electron chi connectivity index (χ0n) is 12.9. The van der Waals surface area contributed by atoms with Crippen LogP contribution in [0, 0.1) is 0 Å². The number of amides is 1. The van der Waals surface area contributed by atoms with Gasteiger partial charge < -0.3 is 19.9 Å². The molecular weight excluding hydrogens is 274 g/mol. The zero-order chi connectivity index (χ0) is 16.2. The third-order valence-corrected chi connectivity index (χ3v) is 2.57. The van der Waals surface area contributed by atoms with Crippen molar-refractivity contribution in [1.29, 1.82) is 0 Å². The van der Waals surface area contributed by atoms with Crippen LogP contribution in [-0.4, -0.2) is 35.7 Å². The minimum atomic E-state index is -0.970. The van der Waals surface area contributed by atoms with Crippen molar-refractivity contribution in [2.75, 3.05) is 7.11 Å². The van der Waals surface area contributed by atoms with Crippen LogP contribution in [-0.2, 0) is 9.53 Å². The smallest absolute Gasteiger partial charge is 0.342 e. The Labute approximate surface area is 124 Å². The summed E-state index contributed by atoms with van der Waals surface area (Å²) >= 11 is 0. The average Bonchev–Trinajstić information content (AvgIpc) is 2.37. The Morgan fingerprint density at radius 1 is 1.29 bits per heavy atom. The van der Waals surface area contributed by atoms with Gasteiger partial charge in [0.05, 0.1) is 7.11 Å². The Hall–Kier alpha value is -2.24. The minimum absolute atomic E-state index is 0.0511. The third kappa shape index (κ3) is 4.98. The molecule has 1 atom stereocenters. The number of methoxy groups -OCH3 is 1. The molecule has 0 aliphatic carbocycles. The molecule has 1 unspecified atom stereocenters. The van der Waals surface area contributed by atoms with Crippen LogP contribution in [0.1, 0.15) is 38.1 Å². The number of aromatic hydroxyl groups is 1. The highest BCUT2D eigenvalue weighted by atomic mass is 16.5. The lowest BCUT2D eigenvalue weighted by Gasteiger charge is -2.23. The van der Waals surface area contributed by atoms with Gasteiger partial charge in [-0.2, -0.15) is 0 Å². The molecule has 0 aromatic heterocycles. The fourth-order valence-corrected chi connectivity index (χ4v) is 1.55. The molecule has 116 valence electrons. The second-order valence-corrected chi connectivity index (χ2v) is 5.67. The van der Waals surface area contributed by atoms with E-state index in [4.69, 9.17) is 9.47 Å². The lowest BCUT2D eigenvalue weighted by atomic mass is 10.1. The average molecular weight is 295 g/mol. The van der Waals surface area contributed by atoms with Crippen LogP contribution in [0.15, 0.2) is 18.2 Å². The molecule has 0 bridgehead atoms. The van der Waals surface area contributed by atoms with Crippen molar-refractivity contribution >= 4 is 11.9 Å². The third-order valence-electron chi connectivity index (χ3n) is 2.57. The second-order valence-electron chi connectivity index (χ2n) is 5.67. The van der Waals surface area contributed by atoms with Gasteiger partial charge in [0.15, 0.2) is 6.10 Å². The SMILES string of the molecule is COc1ccc(O)c(C(=O)OC(C)C(=O)NC(C)(C)C)c1. The van der Waals surface area contributed by atoms with E-state index in [1.54, 1.807) is 0 Å². The van der Waals surface area contributed by atoms with Crippen molar-refractivity contribution in [2.24, 2.45) is 0 Å². The summed E-state index contributed by atoms with van der Waals surface area (Å²) in [7, 11) is 1.45. The summed E-state index contributed by atoms with van der Waals surface area (Å²) in [6.07, 6.45) is -0.970. The summed E-state index contributed by atoms with van der Waals surface area (Å²) in [5.41, 5.74) is -0.472. The maximum Gasteiger partial charge on any atom is 0.342 e. The van der Waals surface area contributed by atoms with Gasteiger partial charge in [-0.3, -0.25) is 4.79 Å². The summed E-state index contributed by atoms with van der Waals surface area (Å²) < 4.78 is 10.0. The van der Waals surface area contributed by atoms with Gasteiger partial charge >= 0.3 is 5.97 Å². The minimum Gasteiger partial charge on any atom is -0.507 e. The van der Waals surface area contributed by atoms with E-state index in [1.807, 2.05) is 20.8 Å². The van der Waals surface area contributed by atoms with Crippen LogP contribution in [0.25, 0.3) is 0 Å². The van der Waals surface area contributed by atoms with E-state index in [9.17, 15) is 14.7 Å². The predicted molar refractivity (Wildman–Crippen MR) is 77.4 cm³/mol. The molecule has 21 heavy (non-hydrogen) atoms. The maximum atomic E-state index is 12.0. The van der Waals surface area contributed by atoms with E-state index in [0.29, 0.717) is 5.75 Å². The number of phenolic OH excluding ortho intramolecular Hbond substituents is 1. The summed E-state index contributed by atoms with van der Waals surface area (Å²) in [5, 5.41) is 12.4. The highest BCUT2D eigenvalue weighted by Crippen LogP contribution is 2.24. The number of rotatable bonds is 4. The molecule has 1 aromatic carbocycles. The van der Waals surface area contributed by atoms with Crippen LogP contribution in [0.4, 0.5) is 0 Å². The first-order valence-electron chi connectivity index (χ1n) is 6.54. The number of esters is 1. The summed E-state index contributed by atoms with van der Waals surface area (Å²) in [4.78, 5) is 23.9. The molecular formula is C15H21NO5. The van der Waals surface area contributed by atoms with E-state index in [1.165, 1.54) is 32.2 Å². The number of phenols is 1. The Morgan fingerprint density at radius 2 is 1.90 bits per heavy atom. The van der Waals surface area contributed by atoms with Gasteiger partial charge in [-0.1, -0.05) is 0 Å². The van der Waals surface area contributed by atoms with Gasteiger partial charge in [0, 0.05) is 5.54 Å². The highest BCUT2D eigenvalue weighted by molar-refractivity contribution is 5.95. The summed E-state index contributed by atoms with van der Waals surface area (Å²) in [5.74, 6) is -1.02. The van der Waals surface area contributed by atoms with Gasteiger partial charge in [0.1, 0.15) is 17.1 Å². The number of carbonyl (C=O) groups excluding carboxylic acids is 2. The van der Waals surface area contributed by atoms with Crippen LogP contribution in [0.3, 0.4) is 0 Å². The van der Waals surface area contributed by atoms with Crippen molar-refractivity contribution in [3.8, 4) is 11.5 Å². The quantitative estimate of drug-likeness (QED) is 0.828. The first-order chi connectivity index (χ1) is 9.64. The molecule has 1 amide bonds. The normalized spacial score (nSPS) is 12.4. The molecule has 0 radical (unpaired) electrons. The molecule has 0 fully saturated rings. The van der Waals surface area contributed by atoms with E-state index >= 15 is 0 Å². The molecule has 0 saturated heterocycles. The number of nitrogens with one attached hydrogen (secondary N) is 1. The van der Waals surface area contributed by atoms with Gasteiger partial charge in [-0.05, 0) is 45.9 Å². The standard InChI is InChI=1S/C15H21NO5/c1-9(13(18)16-15(2,3)4)21-14(19)11-8-10(20-5)6-7-12(11)17/h6-9,17H,1-5H3,(H,16,18). The number of carbonyl (C=O) groups is 2. The van der Waals surface area contributed by atoms with Crippen LogP contribution < -0.4 is 10.1 Å². The number of benzene rings is 1. The number of hydrogen-bond donors (Lipinski definition) is 2. The maximum absolute atomic E-state index is 12.0. The molecule has 0 aliphatic rings. The largest absolute Gasteiger partial charge is 0.507 e. The predicted octanol–water partition coefficient (Wildman–Crippen LogP) is 1.86. The Bertz CT molecular complexity index is 533. The Balaban J connectivity index is 2.79. The molecule has 1 rings (SSSR count). The van der Waals surface area contributed by atoms with E-state index < -0.39 is 23.5 Å². The lowest BCUT2D eigenvalue weighted by molar-refractivity contribution is -0.130. The number of hydrogen-bond acceptors (Lipinski definition) is 5. The van der Waals surface area contributed by atoms with Crippen LogP contribution in [0.5, 0.6) is 11.5 Å². The van der Waals surface area contributed by atoms with Crippen LogP contribution in [0.2, 0.25) is 0 Å². The lowest BCUT2D eigenvalue weighted by Crippen LogP contribution is -2.46. The van der Waals surface area contributed by atoms with Crippen LogP contribution >= 0.6 is 0 Å². The zero-order valence-corrected chi connectivity index (χ0v) is 12.9. The van der Waals surface area contributed by atoms with Gasteiger partial charge in [-0.25, -0.2) is 4.79 Å². The van der Waals surface area contributed by atoms with E-state index in [-0.39, 0.29) is 11.3 Å². The Kier molecular flexibility index (Phi) is 5.18. The fraction of sp³-hybridized carbons (Fsp3) is 0.467. The van der Waals surface area contributed by atoms with Crippen molar-refractivity contribution in [3.05, 3.63) is 23.8 Å². The molecule has 2 N–H and O–H groups in total. The first-order valence-corrected chi connectivity index (χ1v) is 6.54. The van der Waals surface area contributed by atoms with Crippen molar-refractivity contribution in [3.63, 3.8) is 0 Å². The first kappa shape index (κ1) is 16.8. The van der Waals surface area contributed by atoms with E-state index in [0.717, 1.165) is 0 Å². The monoisotopic (exact) mass is 295 g/mol. The van der Waals surface area contributed by atoms with Crippen molar-refractivity contribution in [1.82, 2.24) is 5.32 Å². The van der Waals surface area contributed by atoms with Gasteiger partial charge in [0.25, 0.3) is 5.91 Å². The highest BCUT2D eigenvalue weighted by Gasteiger charge is 2.24. The summed E-state index contributed by atoms with van der Waals surface area (Å²) in [6.45, 7) is 6.95. The molecule has 6 heteroatoms. The second kappa shape index (κ2) is 6.47. The van der Waals surface area contributed by atoms with Gasteiger partial charge in [-0.15, -0.1) is 0 Å². The van der Waals surface area contributed by atoms with Crippen molar-refractivity contribution in [2.45, 2.75) is 39.3 Å². The summed E-state index contributed by atoms with van der Waals surface area (Å²) in [6, 6.07) is 4.20. The van der Waals surface area contributed by atoms with Crippen molar-refractivity contribution < 1.29 is 24.2 Å².